The van der Waals surface area contributed by atoms with E-state index in [1.165, 1.54) is 40.6 Å². The molecule has 0 saturated carbocycles. The summed E-state index contributed by atoms with van der Waals surface area (Å²) in [5.41, 5.74) is 14.9. The van der Waals surface area contributed by atoms with Crippen molar-refractivity contribution in [3.8, 4) is 5.75 Å². The lowest BCUT2D eigenvalue weighted by molar-refractivity contribution is -0.157. The van der Waals surface area contributed by atoms with Crippen molar-refractivity contribution in [1.82, 2.24) is 8.10 Å². The SMILES string of the molecule is CCC(=O)[C@](Cc1ccc(O)c(SSc2ccccn2)c1)(C(=O)O)N(I)C(=O)[C@@H](N)CCCN=C(N)N. The summed E-state index contributed by atoms with van der Waals surface area (Å²) >= 11 is 1.56. The number of carboxylic acid groups (broad SMARTS) is 1. The van der Waals surface area contributed by atoms with Crippen molar-refractivity contribution in [2.75, 3.05) is 6.54 Å². The minimum absolute atomic E-state index is 0.00914. The van der Waals surface area contributed by atoms with E-state index in [0.29, 0.717) is 16.9 Å². The number of nitrogens with zero attached hydrogens (tertiary/aromatic N) is 3. The van der Waals surface area contributed by atoms with Crippen LogP contribution in [-0.2, 0) is 20.8 Å². The maximum atomic E-state index is 13.2. The summed E-state index contributed by atoms with van der Waals surface area (Å²) in [6.45, 7) is 1.79. The molecule has 8 N–H and O–H groups in total. The van der Waals surface area contributed by atoms with Gasteiger partial charge >= 0.3 is 5.97 Å². The van der Waals surface area contributed by atoms with E-state index in [2.05, 4.69) is 9.98 Å². The summed E-state index contributed by atoms with van der Waals surface area (Å²) in [4.78, 5) is 47.4. The Morgan fingerprint density at radius 2 is 1.95 bits per heavy atom. The standard InChI is InChI=1S/C23H29IN6O5S2/c1-2-18(32)23(21(34)35,30(24)20(33)15(25)6-5-11-29-22(26)27)13-14-8-9-16(31)17(12-14)36-37-19-7-3-4-10-28-19/h3-4,7-10,12,15,31H,2,5-6,11,13,25H2,1H3,(H,34,35)(H4,26,27,29)/t15-,23+/m0/s1. The van der Waals surface area contributed by atoms with Crippen LogP contribution in [-0.4, -0.2) is 60.1 Å². The molecule has 1 amide bonds. The topological polar surface area (TPSA) is 198 Å². The molecule has 0 aliphatic heterocycles. The third kappa shape index (κ3) is 8.21. The number of phenolic OH excluding ortho intramolecular Hbond substituents is 1. The number of nitrogens with two attached hydrogens (primary N) is 3. The minimum atomic E-state index is -2.20. The van der Waals surface area contributed by atoms with Crippen LogP contribution >= 0.6 is 44.5 Å². The molecule has 0 spiro atoms. The fourth-order valence-electron chi connectivity index (χ4n) is 3.34. The molecule has 0 saturated heterocycles. The van der Waals surface area contributed by atoms with E-state index in [9.17, 15) is 24.6 Å². The Balaban J connectivity index is 2.32. The van der Waals surface area contributed by atoms with E-state index in [-0.39, 0.29) is 37.5 Å². The van der Waals surface area contributed by atoms with Gasteiger partial charge in [-0.3, -0.25) is 17.7 Å². The maximum Gasteiger partial charge on any atom is 0.338 e. The number of benzene rings is 1. The van der Waals surface area contributed by atoms with Gasteiger partial charge in [0.25, 0.3) is 0 Å². The highest BCUT2D eigenvalue weighted by atomic mass is 127. The third-order valence-electron chi connectivity index (χ3n) is 5.29. The van der Waals surface area contributed by atoms with E-state index in [1.807, 2.05) is 12.1 Å². The van der Waals surface area contributed by atoms with Gasteiger partial charge in [-0.05, 0) is 64.3 Å². The summed E-state index contributed by atoms with van der Waals surface area (Å²) in [7, 11) is 2.55. The fourth-order valence-corrected chi connectivity index (χ4v) is 6.33. The van der Waals surface area contributed by atoms with Crippen molar-refractivity contribution >= 4 is 68.1 Å². The molecule has 11 nitrogen and oxygen atoms in total. The number of guanidine groups is 1. The molecular weight excluding hydrogens is 631 g/mol. The van der Waals surface area contributed by atoms with Crippen molar-refractivity contribution in [2.24, 2.45) is 22.2 Å². The van der Waals surface area contributed by atoms with Crippen molar-refractivity contribution in [3.05, 3.63) is 48.2 Å². The summed E-state index contributed by atoms with van der Waals surface area (Å²) in [5, 5.41) is 21.3. The molecule has 2 rings (SSSR count). The Kier molecular flexibility index (Phi) is 11.9. The number of hydrogen-bond donors (Lipinski definition) is 5. The first-order valence-electron chi connectivity index (χ1n) is 11.2. The zero-order chi connectivity index (χ0) is 27.6. The normalized spacial score (nSPS) is 13.3. The average molecular weight is 661 g/mol. The second-order valence-corrected chi connectivity index (χ2v) is 11.1. The highest BCUT2D eigenvalue weighted by Gasteiger charge is 2.52. The molecule has 0 unspecified atom stereocenters. The molecule has 0 bridgehead atoms. The van der Waals surface area contributed by atoms with Crippen molar-refractivity contribution in [1.29, 1.82) is 0 Å². The third-order valence-corrected chi connectivity index (χ3v) is 8.89. The Hall–Kier alpha value is -2.56. The Labute approximate surface area is 236 Å². The monoisotopic (exact) mass is 660 g/mol. The largest absolute Gasteiger partial charge is 0.507 e. The van der Waals surface area contributed by atoms with E-state index < -0.39 is 29.2 Å². The number of halogens is 1. The lowest BCUT2D eigenvalue weighted by Crippen LogP contribution is -2.62. The Morgan fingerprint density at radius 1 is 1.22 bits per heavy atom. The van der Waals surface area contributed by atoms with Crippen LogP contribution in [0, 0.1) is 0 Å². The first-order chi connectivity index (χ1) is 17.5. The van der Waals surface area contributed by atoms with Crippen LogP contribution in [0.5, 0.6) is 5.75 Å². The molecule has 0 aliphatic rings. The molecule has 1 aromatic carbocycles. The van der Waals surface area contributed by atoms with Crippen molar-refractivity contribution in [3.63, 3.8) is 0 Å². The summed E-state index contributed by atoms with van der Waals surface area (Å²) in [6.07, 6.45) is 1.80. The summed E-state index contributed by atoms with van der Waals surface area (Å²) in [5.74, 6) is -2.92. The van der Waals surface area contributed by atoms with Gasteiger partial charge in [0.15, 0.2) is 11.7 Å². The molecule has 0 radical (unpaired) electrons. The first-order valence-corrected chi connectivity index (χ1v) is 14.3. The summed E-state index contributed by atoms with van der Waals surface area (Å²) < 4.78 is 0.895. The van der Waals surface area contributed by atoms with Gasteiger partial charge in [-0.1, -0.05) is 19.1 Å². The number of aromatic nitrogens is 1. The highest BCUT2D eigenvalue weighted by molar-refractivity contribution is 14.1. The van der Waals surface area contributed by atoms with Gasteiger partial charge in [0.05, 0.1) is 33.8 Å². The predicted molar refractivity (Wildman–Crippen MR) is 152 cm³/mol. The van der Waals surface area contributed by atoms with Gasteiger partial charge in [0.1, 0.15) is 10.8 Å². The zero-order valence-corrected chi connectivity index (χ0v) is 23.8. The Bertz CT molecular complexity index is 1140. The number of aromatic hydroxyl groups is 1. The second kappa shape index (κ2) is 14.4. The van der Waals surface area contributed by atoms with E-state index >= 15 is 0 Å². The number of carbonyl (C=O) groups is 3. The predicted octanol–water partition coefficient (Wildman–Crippen LogP) is 2.49. The quantitative estimate of drug-likeness (QED) is 0.0380. The van der Waals surface area contributed by atoms with Crippen molar-refractivity contribution < 1.29 is 24.6 Å². The number of Topliss-reactive ketones (excluding diaryl/α,β-unsaturated/α-hetero) is 1. The second-order valence-electron chi connectivity index (χ2n) is 7.93. The number of aliphatic carboxylic acids is 1. The van der Waals surface area contributed by atoms with Crippen LogP contribution < -0.4 is 17.2 Å². The molecule has 0 fully saturated rings. The number of phenols is 1. The maximum absolute atomic E-state index is 13.2. The number of carboxylic acids is 1. The van der Waals surface area contributed by atoms with Gasteiger partial charge in [-0.2, -0.15) is 0 Å². The van der Waals surface area contributed by atoms with Gasteiger partial charge in [0, 0.05) is 25.6 Å². The van der Waals surface area contributed by atoms with Crippen LogP contribution in [0.2, 0.25) is 0 Å². The number of pyridine rings is 1. The van der Waals surface area contributed by atoms with Crippen LogP contribution in [0.1, 0.15) is 31.7 Å². The molecule has 14 heteroatoms. The van der Waals surface area contributed by atoms with E-state index in [4.69, 9.17) is 17.2 Å². The minimum Gasteiger partial charge on any atom is -0.507 e. The fraction of sp³-hybridized carbons (Fsp3) is 0.348. The van der Waals surface area contributed by atoms with Crippen LogP contribution in [0.25, 0.3) is 0 Å². The molecule has 2 aromatic rings. The number of aliphatic imine (C=N–C) groups is 1. The number of ketones is 1. The van der Waals surface area contributed by atoms with Crippen LogP contribution in [0.4, 0.5) is 0 Å². The van der Waals surface area contributed by atoms with E-state index in [1.54, 1.807) is 41.2 Å². The molecule has 1 aromatic heterocycles. The smallest absolute Gasteiger partial charge is 0.338 e. The molecular formula is C23H29IN6O5S2. The number of hydrogen-bond acceptors (Lipinski definition) is 9. The molecule has 2 atom stereocenters. The summed E-state index contributed by atoms with van der Waals surface area (Å²) in [6, 6.07) is 8.92. The van der Waals surface area contributed by atoms with Gasteiger partial charge < -0.3 is 27.4 Å². The average Bonchev–Trinajstić information content (AvgIpc) is 2.88. The van der Waals surface area contributed by atoms with Gasteiger partial charge in [-0.15, -0.1) is 0 Å². The van der Waals surface area contributed by atoms with Crippen LogP contribution in [0.15, 0.2) is 57.5 Å². The zero-order valence-electron chi connectivity index (χ0n) is 20.0. The lowest BCUT2D eigenvalue weighted by Gasteiger charge is -2.36. The van der Waals surface area contributed by atoms with Crippen LogP contribution in [0.3, 0.4) is 0 Å². The van der Waals surface area contributed by atoms with Gasteiger partial charge in [-0.25, -0.2) is 9.78 Å². The van der Waals surface area contributed by atoms with Crippen molar-refractivity contribution in [2.45, 2.75) is 54.1 Å². The van der Waals surface area contributed by atoms with Gasteiger partial charge in [0.2, 0.25) is 11.4 Å². The number of carbonyl (C=O) groups excluding carboxylic acids is 2. The molecule has 37 heavy (non-hydrogen) atoms. The molecule has 0 aliphatic carbocycles. The number of amides is 1. The number of rotatable bonds is 14. The highest BCUT2D eigenvalue weighted by Crippen LogP contribution is 2.41. The Morgan fingerprint density at radius 3 is 2.54 bits per heavy atom. The lowest BCUT2D eigenvalue weighted by atomic mass is 9.84. The van der Waals surface area contributed by atoms with E-state index in [0.717, 1.165) is 8.14 Å². The molecule has 1 heterocycles. The molecule has 200 valence electrons. The first kappa shape index (κ1) is 30.7.